The Morgan fingerprint density at radius 3 is 2.68 bits per heavy atom. The zero-order chi connectivity index (χ0) is 18.3. The van der Waals surface area contributed by atoms with E-state index < -0.39 is 5.97 Å². The molecule has 0 aliphatic carbocycles. The summed E-state index contributed by atoms with van der Waals surface area (Å²) in [4.78, 5) is 42.3. The van der Waals surface area contributed by atoms with Gasteiger partial charge in [0.2, 0.25) is 0 Å². The van der Waals surface area contributed by atoms with E-state index >= 15 is 0 Å². The number of aryl methyl sites for hydroxylation is 3. The number of nitrogens with zero attached hydrogens (tertiary/aromatic N) is 2. The first-order valence-electron chi connectivity index (χ1n) is 7.27. The minimum absolute atomic E-state index is 0.195. The summed E-state index contributed by atoms with van der Waals surface area (Å²) in [6.45, 7) is 3.52. The highest BCUT2D eigenvalue weighted by Gasteiger charge is 2.23. The number of hydrogen-bond donors (Lipinski definition) is 1. The van der Waals surface area contributed by atoms with Crippen molar-refractivity contribution >= 4 is 50.5 Å². The number of ether oxygens (including phenoxy) is 1. The van der Waals surface area contributed by atoms with E-state index in [-0.39, 0.29) is 11.5 Å². The van der Waals surface area contributed by atoms with E-state index in [2.05, 4.69) is 10.3 Å². The maximum Gasteiger partial charge on any atom is 0.350 e. The molecule has 0 bridgehead atoms. The van der Waals surface area contributed by atoms with Crippen LogP contribution >= 0.6 is 22.7 Å². The van der Waals surface area contributed by atoms with E-state index in [1.807, 2.05) is 0 Å². The van der Waals surface area contributed by atoms with E-state index in [0.717, 1.165) is 16.9 Å². The van der Waals surface area contributed by atoms with Crippen LogP contribution in [0.4, 0.5) is 5.69 Å². The van der Waals surface area contributed by atoms with Gasteiger partial charge in [0.1, 0.15) is 9.71 Å². The first-order chi connectivity index (χ1) is 11.8. The average molecular weight is 377 g/mol. The molecule has 9 heteroatoms. The molecule has 0 saturated heterocycles. The molecule has 7 nitrogen and oxygen atoms in total. The van der Waals surface area contributed by atoms with Gasteiger partial charge in [-0.15, -0.1) is 22.7 Å². The van der Waals surface area contributed by atoms with E-state index in [0.29, 0.717) is 31.2 Å². The van der Waals surface area contributed by atoms with Crippen LogP contribution in [0.5, 0.6) is 0 Å². The van der Waals surface area contributed by atoms with Gasteiger partial charge in [-0.3, -0.25) is 9.59 Å². The quantitative estimate of drug-likeness (QED) is 0.709. The maximum atomic E-state index is 12.7. The number of esters is 1. The van der Waals surface area contributed by atoms with Crippen LogP contribution in [0.15, 0.2) is 16.5 Å². The summed E-state index contributed by atoms with van der Waals surface area (Å²) >= 11 is 2.36. The molecule has 0 fully saturated rings. The van der Waals surface area contributed by atoms with Crippen molar-refractivity contribution in [2.24, 2.45) is 7.05 Å². The summed E-state index contributed by atoms with van der Waals surface area (Å²) in [5.74, 6) is -0.883. The Labute approximate surface area is 150 Å². The molecule has 1 amide bonds. The average Bonchev–Trinajstić information content (AvgIpc) is 3.12. The van der Waals surface area contributed by atoms with Crippen molar-refractivity contribution in [1.82, 2.24) is 9.55 Å². The van der Waals surface area contributed by atoms with Crippen molar-refractivity contribution in [1.29, 1.82) is 0 Å². The molecule has 0 unspecified atom stereocenters. The summed E-state index contributed by atoms with van der Waals surface area (Å²) in [6, 6.07) is 0. The van der Waals surface area contributed by atoms with Crippen molar-refractivity contribution in [3.05, 3.63) is 42.9 Å². The van der Waals surface area contributed by atoms with Gasteiger partial charge in [0.15, 0.2) is 0 Å². The number of rotatable bonds is 3. The molecule has 0 saturated carbocycles. The number of anilines is 1. The predicted molar refractivity (Wildman–Crippen MR) is 97.9 cm³/mol. The Kier molecular flexibility index (Phi) is 4.44. The lowest BCUT2D eigenvalue weighted by molar-refractivity contribution is 0.0607. The van der Waals surface area contributed by atoms with Crippen molar-refractivity contribution in [2.45, 2.75) is 13.8 Å². The third-order valence-corrected chi connectivity index (χ3v) is 6.08. The number of nitrogens with one attached hydrogen (secondary N) is 1. The molecule has 0 radical (unpaired) electrons. The molecule has 130 valence electrons. The monoisotopic (exact) mass is 377 g/mol. The Bertz CT molecular complexity index is 1060. The van der Waals surface area contributed by atoms with E-state index in [1.54, 1.807) is 26.3 Å². The third-order valence-electron chi connectivity index (χ3n) is 3.80. The number of aromatic nitrogens is 2. The van der Waals surface area contributed by atoms with Crippen molar-refractivity contribution in [3.8, 4) is 0 Å². The number of carbonyl (C=O) groups excluding carboxylic acids is 2. The molecule has 3 aromatic rings. The number of amides is 1. The highest BCUT2D eigenvalue weighted by Crippen LogP contribution is 2.31. The maximum absolute atomic E-state index is 12.7. The molecule has 0 aliphatic rings. The molecular formula is C16H15N3O4S2. The molecule has 0 spiro atoms. The number of thiophene rings is 2. The summed E-state index contributed by atoms with van der Waals surface area (Å²) in [5.41, 5.74) is 1.59. The van der Waals surface area contributed by atoms with E-state index in [1.165, 1.54) is 29.3 Å². The topological polar surface area (TPSA) is 90.3 Å². The molecule has 0 atom stereocenters. The molecular weight excluding hydrogens is 362 g/mol. The fourth-order valence-corrected chi connectivity index (χ4v) is 4.39. The van der Waals surface area contributed by atoms with Crippen LogP contribution in [0.2, 0.25) is 0 Å². The second-order valence-electron chi connectivity index (χ2n) is 5.47. The molecule has 0 aliphatic heterocycles. The smallest absolute Gasteiger partial charge is 0.350 e. The lowest BCUT2D eigenvalue weighted by Gasteiger charge is -2.06. The van der Waals surface area contributed by atoms with Gasteiger partial charge < -0.3 is 14.6 Å². The van der Waals surface area contributed by atoms with Crippen LogP contribution in [0.25, 0.3) is 10.2 Å². The molecule has 1 N–H and O–H groups in total. The first kappa shape index (κ1) is 17.3. The van der Waals surface area contributed by atoms with Crippen molar-refractivity contribution in [2.75, 3.05) is 12.4 Å². The summed E-state index contributed by atoms with van der Waals surface area (Å²) < 4.78 is 6.12. The summed E-state index contributed by atoms with van der Waals surface area (Å²) in [5, 5.41) is 4.99. The molecule has 0 aromatic carbocycles. The van der Waals surface area contributed by atoms with Crippen LogP contribution in [-0.2, 0) is 11.8 Å². The fraction of sp³-hybridized carbons (Fsp3) is 0.250. The van der Waals surface area contributed by atoms with Crippen LogP contribution in [-0.4, -0.2) is 28.5 Å². The predicted octanol–water partition coefficient (Wildman–Crippen LogP) is 2.71. The minimum Gasteiger partial charge on any atom is -0.465 e. The molecule has 25 heavy (non-hydrogen) atoms. The zero-order valence-electron chi connectivity index (χ0n) is 14.0. The van der Waals surface area contributed by atoms with Gasteiger partial charge in [0, 0.05) is 7.05 Å². The third kappa shape index (κ3) is 2.85. The lowest BCUT2D eigenvalue weighted by atomic mass is 10.2. The largest absolute Gasteiger partial charge is 0.465 e. The highest BCUT2D eigenvalue weighted by atomic mass is 32.1. The van der Waals surface area contributed by atoms with Crippen LogP contribution < -0.4 is 10.9 Å². The highest BCUT2D eigenvalue weighted by molar-refractivity contribution is 7.20. The number of methoxy groups -OCH3 is 1. The van der Waals surface area contributed by atoms with Gasteiger partial charge in [-0.25, -0.2) is 9.78 Å². The van der Waals surface area contributed by atoms with Crippen LogP contribution in [0, 0.1) is 13.8 Å². The zero-order valence-corrected chi connectivity index (χ0v) is 15.6. The minimum atomic E-state index is -0.503. The standard InChI is InChI=1S/C16H15N3O4S2/c1-7-5-24-12(16(22)23-4)10(7)18-13(20)11-8(2)9-14(25-11)17-6-19(3)15(9)21/h5-6H,1-4H3,(H,18,20). The van der Waals surface area contributed by atoms with Gasteiger partial charge in [-0.05, 0) is 30.4 Å². The second kappa shape index (κ2) is 6.41. The lowest BCUT2D eigenvalue weighted by Crippen LogP contribution is -2.17. The molecule has 3 rings (SSSR count). The van der Waals surface area contributed by atoms with Crippen molar-refractivity contribution < 1.29 is 14.3 Å². The van der Waals surface area contributed by atoms with Gasteiger partial charge in [0.25, 0.3) is 11.5 Å². The Balaban J connectivity index is 2.04. The molecule has 3 aromatic heterocycles. The SMILES string of the molecule is COC(=O)c1scc(C)c1NC(=O)c1sc2ncn(C)c(=O)c2c1C. The van der Waals surface area contributed by atoms with Crippen molar-refractivity contribution in [3.63, 3.8) is 0 Å². The van der Waals surface area contributed by atoms with Gasteiger partial charge >= 0.3 is 5.97 Å². The fourth-order valence-electron chi connectivity index (χ4n) is 2.44. The Hall–Kier alpha value is -2.52. The first-order valence-corrected chi connectivity index (χ1v) is 8.97. The van der Waals surface area contributed by atoms with Crippen LogP contribution in [0.1, 0.15) is 30.5 Å². The normalized spacial score (nSPS) is 10.9. The second-order valence-corrected chi connectivity index (χ2v) is 7.34. The number of hydrogen-bond acceptors (Lipinski definition) is 7. The Morgan fingerprint density at radius 2 is 2.00 bits per heavy atom. The summed E-state index contributed by atoms with van der Waals surface area (Å²) in [7, 11) is 2.91. The Morgan fingerprint density at radius 1 is 1.28 bits per heavy atom. The van der Waals surface area contributed by atoms with Gasteiger partial charge in [-0.2, -0.15) is 0 Å². The summed E-state index contributed by atoms with van der Waals surface area (Å²) in [6.07, 6.45) is 1.43. The van der Waals surface area contributed by atoms with Crippen LogP contribution in [0.3, 0.4) is 0 Å². The van der Waals surface area contributed by atoms with Gasteiger partial charge in [0.05, 0.1) is 29.4 Å². The number of fused-ring (bicyclic) bond motifs is 1. The molecule has 3 heterocycles. The van der Waals surface area contributed by atoms with Gasteiger partial charge in [-0.1, -0.05) is 0 Å². The number of carbonyl (C=O) groups is 2. The van der Waals surface area contributed by atoms with E-state index in [4.69, 9.17) is 4.74 Å². The van der Waals surface area contributed by atoms with E-state index in [9.17, 15) is 14.4 Å².